The first-order valence-electron chi connectivity index (χ1n) is 6.03. The van der Waals surface area contributed by atoms with Crippen LogP contribution < -0.4 is 4.74 Å². The molecule has 1 aromatic rings. The molecular weight excluding hydrogens is 248 g/mol. The first-order valence-corrected chi connectivity index (χ1v) is 6.03. The molecule has 0 radical (unpaired) electrons. The van der Waals surface area contributed by atoms with E-state index in [4.69, 9.17) is 9.47 Å². The SMILES string of the molecule is CCOC(=O)CCCOc1cc(C=O)cc(C=O)c1. The van der Waals surface area contributed by atoms with Crippen LogP contribution >= 0.6 is 0 Å². The van der Waals surface area contributed by atoms with E-state index in [1.165, 1.54) is 6.07 Å². The van der Waals surface area contributed by atoms with Crippen LogP contribution in [0.2, 0.25) is 0 Å². The molecule has 0 aliphatic rings. The maximum Gasteiger partial charge on any atom is 0.305 e. The average molecular weight is 264 g/mol. The first-order chi connectivity index (χ1) is 9.19. The van der Waals surface area contributed by atoms with Crippen molar-refractivity contribution in [1.82, 2.24) is 0 Å². The molecule has 0 saturated carbocycles. The van der Waals surface area contributed by atoms with Gasteiger partial charge >= 0.3 is 5.97 Å². The van der Waals surface area contributed by atoms with E-state index in [-0.39, 0.29) is 12.4 Å². The summed E-state index contributed by atoms with van der Waals surface area (Å²) in [4.78, 5) is 32.5. The molecule has 0 spiro atoms. The molecule has 0 amide bonds. The van der Waals surface area contributed by atoms with Crippen molar-refractivity contribution in [3.8, 4) is 5.75 Å². The van der Waals surface area contributed by atoms with Crippen molar-refractivity contribution in [2.24, 2.45) is 0 Å². The summed E-state index contributed by atoms with van der Waals surface area (Å²) in [6.45, 7) is 2.43. The van der Waals surface area contributed by atoms with Crippen LogP contribution in [-0.2, 0) is 9.53 Å². The Hall–Kier alpha value is -2.17. The summed E-state index contributed by atoms with van der Waals surface area (Å²) in [5.74, 6) is 0.178. The van der Waals surface area contributed by atoms with Crippen molar-refractivity contribution in [2.45, 2.75) is 19.8 Å². The van der Waals surface area contributed by atoms with Gasteiger partial charge in [-0.1, -0.05) is 0 Å². The molecule has 0 atom stereocenters. The van der Waals surface area contributed by atoms with Crippen molar-refractivity contribution in [3.05, 3.63) is 29.3 Å². The quantitative estimate of drug-likeness (QED) is 0.408. The third kappa shape index (κ3) is 5.33. The summed E-state index contributed by atoms with van der Waals surface area (Å²) in [5.41, 5.74) is 0.759. The molecule has 5 heteroatoms. The summed E-state index contributed by atoms with van der Waals surface area (Å²) < 4.78 is 10.2. The van der Waals surface area contributed by atoms with Crippen molar-refractivity contribution in [2.75, 3.05) is 13.2 Å². The highest BCUT2D eigenvalue weighted by Crippen LogP contribution is 2.15. The van der Waals surface area contributed by atoms with Gasteiger partial charge in [0.15, 0.2) is 0 Å². The molecule has 0 N–H and O–H groups in total. The van der Waals surface area contributed by atoms with E-state index in [0.29, 0.717) is 49.1 Å². The smallest absolute Gasteiger partial charge is 0.305 e. The number of hydrogen-bond acceptors (Lipinski definition) is 5. The van der Waals surface area contributed by atoms with E-state index in [0.717, 1.165) is 0 Å². The van der Waals surface area contributed by atoms with Crippen LogP contribution in [0.1, 0.15) is 40.5 Å². The minimum atomic E-state index is -0.263. The van der Waals surface area contributed by atoms with Gasteiger partial charge in [0, 0.05) is 17.5 Å². The summed E-state index contributed by atoms with van der Waals surface area (Å²) >= 11 is 0. The number of ether oxygens (including phenoxy) is 2. The molecule has 0 aliphatic carbocycles. The van der Waals surface area contributed by atoms with Gasteiger partial charge < -0.3 is 9.47 Å². The Balaban J connectivity index is 2.46. The molecule has 19 heavy (non-hydrogen) atoms. The van der Waals surface area contributed by atoms with Crippen molar-refractivity contribution in [3.63, 3.8) is 0 Å². The molecule has 1 aromatic carbocycles. The van der Waals surface area contributed by atoms with Crippen molar-refractivity contribution < 1.29 is 23.9 Å². The topological polar surface area (TPSA) is 69.7 Å². The Kier molecular flexibility index (Phi) is 6.29. The Morgan fingerprint density at radius 3 is 2.32 bits per heavy atom. The summed E-state index contributed by atoms with van der Waals surface area (Å²) in [5, 5.41) is 0. The largest absolute Gasteiger partial charge is 0.494 e. The molecular formula is C14H16O5. The zero-order chi connectivity index (χ0) is 14.1. The highest BCUT2D eigenvalue weighted by Gasteiger charge is 2.03. The van der Waals surface area contributed by atoms with Gasteiger partial charge in [0.05, 0.1) is 13.2 Å². The van der Waals surface area contributed by atoms with Gasteiger partial charge in [-0.15, -0.1) is 0 Å². The third-order valence-electron chi connectivity index (χ3n) is 2.32. The Labute approximate surface area is 111 Å². The summed E-state index contributed by atoms with van der Waals surface area (Å²) in [7, 11) is 0. The fraction of sp³-hybridized carbons (Fsp3) is 0.357. The number of carbonyl (C=O) groups is 3. The van der Waals surface area contributed by atoms with Gasteiger partial charge in [-0.2, -0.15) is 0 Å². The Morgan fingerprint density at radius 2 is 1.79 bits per heavy atom. The van der Waals surface area contributed by atoms with Crippen LogP contribution in [0.3, 0.4) is 0 Å². The molecule has 1 rings (SSSR count). The number of rotatable bonds is 8. The number of hydrogen-bond donors (Lipinski definition) is 0. The normalized spacial score (nSPS) is 9.74. The lowest BCUT2D eigenvalue weighted by atomic mass is 10.1. The standard InChI is InChI=1S/C14H16O5/c1-2-18-14(17)4-3-5-19-13-7-11(9-15)6-12(8-13)10-16/h6-10H,2-5H2,1H3. The van der Waals surface area contributed by atoms with Gasteiger partial charge in [0.2, 0.25) is 0 Å². The average Bonchev–Trinajstić information content (AvgIpc) is 2.43. The van der Waals surface area contributed by atoms with Crippen molar-refractivity contribution >= 4 is 18.5 Å². The molecule has 0 saturated heterocycles. The fourth-order valence-electron chi connectivity index (χ4n) is 1.51. The minimum absolute atomic E-state index is 0.263. The molecule has 0 unspecified atom stereocenters. The molecule has 102 valence electrons. The minimum Gasteiger partial charge on any atom is -0.494 e. The predicted molar refractivity (Wildman–Crippen MR) is 68.6 cm³/mol. The third-order valence-corrected chi connectivity index (χ3v) is 2.32. The van der Waals surface area contributed by atoms with Gasteiger partial charge in [0.1, 0.15) is 18.3 Å². The lowest BCUT2D eigenvalue weighted by Crippen LogP contribution is -2.07. The zero-order valence-electron chi connectivity index (χ0n) is 10.8. The number of esters is 1. The molecule has 5 nitrogen and oxygen atoms in total. The summed E-state index contributed by atoms with van der Waals surface area (Å²) in [6, 6.07) is 4.57. The number of carbonyl (C=O) groups excluding carboxylic acids is 3. The van der Waals surface area contributed by atoms with Gasteiger partial charge in [-0.3, -0.25) is 14.4 Å². The second-order valence-corrected chi connectivity index (χ2v) is 3.83. The van der Waals surface area contributed by atoms with Crippen LogP contribution in [0.25, 0.3) is 0 Å². The van der Waals surface area contributed by atoms with Gasteiger partial charge in [-0.05, 0) is 31.5 Å². The van der Waals surface area contributed by atoms with E-state index in [1.807, 2.05) is 0 Å². The van der Waals surface area contributed by atoms with Crippen LogP contribution in [0, 0.1) is 0 Å². The molecule has 0 fully saturated rings. The van der Waals surface area contributed by atoms with Crippen LogP contribution in [0.15, 0.2) is 18.2 Å². The van der Waals surface area contributed by atoms with Crippen LogP contribution in [-0.4, -0.2) is 31.8 Å². The van der Waals surface area contributed by atoms with Crippen LogP contribution in [0.4, 0.5) is 0 Å². The lowest BCUT2D eigenvalue weighted by molar-refractivity contribution is -0.143. The zero-order valence-corrected chi connectivity index (χ0v) is 10.8. The molecule has 0 aromatic heterocycles. The highest BCUT2D eigenvalue weighted by molar-refractivity contribution is 5.83. The lowest BCUT2D eigenvalue weighted by Gasteiger charge is -2.07. The first kappa shape index (κ1) is 14.9. The predicted octanol–water partition coefficient (Wildman–Crippen LogP) is 2.03. The van der Waals surface area contributed by atoms with E-state index < -0.39 is 0 Å². The Bertz CT molecular complexity index is 427. The molecule has 0 heterocycles. The molecule has 0 bridgehead atoms. The highest BCUT2D eigenvalue weighted by atomic mass is 16.5. The maximum absolute atomic E-state index is 11.1. The second-order valence-electron chi connectivity index (χ2n) is 3.83. The Morgan fingerprint density at radius 1 is 1.16 bits per heavy atom. The fourth-order valence-corrected chi connectivity index (χ4v) is 1.51. The maximum atomic E-state index is 11.1. The number of benzene rings is 1. The monoisotopic (exact) mass is 264 g/mol. The van der Waals surface area contributed by atoms with Gasteiger partial charge in [-0.25, -0.2) is 0 Å². The molecule has 0 aliphatic heterocycles. The second kappa shape index (κ2) is 8.02. The summed E-state index contributed by atoms with van der Waals surface area (Å²) in [6.07, 6.45) is 2.10. The van der Waals surface area contributed by atoms with E-state index in [9.17, 15) is 14.4 Å². The van der Waals surface area contributed by atoms with Gasteiger partial charge in [0.25, 0.3) is 0 Å². The van der Waals surface area contributed by atoms with Crippen molar-refractivity contribution in [1.29, 1.82) is 0 Å². The number of aldehydes is 2. The van der Waals surface area contributed by atoms with E-state index in [1.54, 1.807) is 19.1 Å². The van der Waals surface area contributed by atoms with Crippen LogP contribution in [0.5, 0.6) is 5.75 Å². The van der Waals surface area contributed by atoms with E-state index >= 15 is 0 Å². The van der Waals surface area contributed by atoms with E-state index in [2.05, 4.69) is 0 Å².